The second-order valence-corrected chi connectivity index (χ2v) is 13.5. The molecule has 0 saturated heterocycles. The molecule has 4 heterocycles. The Bertz CT molecular complexity index is 2870. The van der Waals surface area contributed by atoms with E-state index in [2.05, 4.69) is 161 Å². The first kappa shape index (κ1) is 24.7. The lowest BCUT2D eigenvalue weighted by Gasteiger charge is -2.28. The summed E-state index contributed by atoms with van der Waals surface area (Å²) < 4.78 is 7.89. The number of benzene rings is 7. The van der Waals surface area contributed by atoms with Gasteiger partial charge in [0.15, 0.2) is 0 Å². The zero-order valence-corrected chi connectivity index (χ0v) is 25.6. The van der Waals surface area contributed by atoms with Crippen LogP contribution in [-0.2, 0) is 0 Å². The van der Waals surface area contributed by atoms with Gasteiger partial charge in [0.05, 0.1) is 11.0 Å². The van der Waals surface area contributed by atoms with Crippen LogP contribution in [0.4, 0.5) is 0 Å². The molecular formula is C42H25BN2S. The number of hydrogen-bond acceptors (Lipinski definition) is 1. The van der Waals surface area contributed by atoms with Gasteiger partial charge >= 0.3 is 6.85 Å². The first-order valence-electron chi connectivity index (χ1n) is 15.9. The number of fused-ring (bicyclic) bond motifs is 12. The molecule has 11 rings (SSSR count). The van der Waals surface area contributed by atoms with Gasteiger partial charge in [-0.2, -0.15) is 0 Å². The predicted molar refractivity (Wildman–Crippen MR) is 199 cm³/mol. The lowest BCUT2D eigenvalue weighted by Crippen LogP contribution is -2.53. The maximum absolute atomic E-state index is 2.64. The largest absolute Gasteiger partial charge is 0.375 e. The molecule has 46 heavy (non-hydrogen) atoms. The van der Waals surface area contributed by atoms with Crippen molar-refractivity contribution in [2.45, 2.75) is 0 Å². The summed E-state index contributed by atoms with van der Waals surface area (Å²) in [7, 11) is 0. The molecule has 3 aromatic heterocycles. The van der Waals surface area contributed by atoms with Gasteiger partial charge in [-0.05, 0) is 40.8 Å². The molecule has 1 aliphatic rings. The first-order chi connectivity index (χ1) is 22.9. The smallest absolute Gasteiger partial charge is 0.332 e. The Hall–Kier alpha value is -5.58. The minimum atomic E-state index is 0.00173. The number of para-hydroxylation sites is 4. The van der Waals surface area contributed by atoms with E-state index in [-0.39, 0.29) is 6.85 Å². The number of thiophene rings is 1. The van der Waals surface area contributed by atoms with Crippen molar-refractivity contribution in [2.24, 2.45) is 0 Å². The number of rotatable bonds is 2. The van der Waals surface area contributed by atoms with Gasteiger partial charge in [0.25, 0.3) is 0 Å². The lowest BCUT2D eigenvalue weighted by molar-refractivity contribution is 1.18. The highest BCUT2D eigenvalue weighted by Gasteiger charge is 2.36. The molecular weight excluding hydrogens is 575 g/mol. The molecule has 212 valence electrons. The molecule has 2 nitrogen and oxygen atoms in total. The van der Waals surface area contributed by atoms with Gasteiger partial charge in [0.2, 0.25) is 0 Å². The second-order valence-electron chi connectivity index (χ2n) is 12.4. The van der Waals surface area contributed by atoms with E-state index in [1.165, 1.54) is 91.5 Å². The van der Waals surface area contributed by atoms with Crippen LogP contribution in [0, 0.1) is 0 Å². The van der Waals surface area contributed by atoms with Gasteiger partial charge < -0.3 is 9.05 Å². The van der Waals surface area contributed by atoms with Crippen molar-refractivity contribution >= 4 is 92.9 Å². The van der Waals surface area contributed by atoms with E-state index in [1.807, 2.05) is 11.3 Å². The van der Waals surface area contributed by atoms with Crippen molar-refractivity contribution in [2.75, 3.05) is 0 Å². The molecule has 0 bridgehead atoms. The van der Waals surface area contributed by atoms with Crippen LogP contribution in [0.5, 0.6) is 0 Å². The molecule has 0 radical (unpaired) electrons. The molecule has 0 aliphatic carbocycles. The van der Waals surface area contributed by atoms with Crippen molar-refractivity contribution in [1.82, 2.24) is 9.05 Å². The monoisotopic (exact) mass is 600 g/mol. The third kappa shape index (κ3) is 3.07. The molecule has 0 fully saturated rings. The van der Waals surface area contributed by atoms with Crippen molar-refractivity contribution in [1.29, 1.82) is 0 Å². The summed E-state index contributed by atoms with van der Waals surface area (Å²) in [6.45, 7) is 0.00173. The SMILES string of the molecule is c1ccc(-c2cccc3c4ccccc4n(B4c5ccccc5-n5c6ccc7c8ccccc8sc7c6c6cccc4c65)c23)cc1. The Morgan fingerprint density at radius 1 is 0.457 bits per heavy atom. The van der Waals surface area contributed by atoms with Gasteiger partial charge in [-0.25, -0.2) is 0 Å². The molecule has 0 unspecified atom stereocenters. The van der Waals surface area contributed by atoms with Gasteiger partial charge in [-0.15, -0.1) is 11.3 Å². The fourth-order valence-electron chi connectivity index (χ4n) is 8.37. The van der Waals surface area contributed by atoms with E-state index >= 15 is 0 Å². The fourth-order valence-corrected chi connectivity index (χ4v) is 9.63. The number of hydrogen-bond donors (Lipinski definition) is 0. The molecule has 7 aromatic carbocycles. The molecule has 0 saturated carbocycles. The van der Waals surface area contributed by atoms with Crippen LogP contribution in [0.15, 0.2) is 152 Å². The van der Waals surface area contributed by atoms with Crippen LogP contribution in [0.25, 0.3) is 80.6 Å². The summed E-state index contributed by atoms with van der Waals surface area (Å²) in [6.07, 6.45) is 0. The summed E-state index contributed by atoms with van der Waals surface area (Å²) in [4.78, 5) is 0. The van der Waals surface area contributed by atoms with Gasteiger partial charge in [0, 0.05) is 64.0 Å². The Kier molecular flexibility index (Phi) is 4.83. The minimum Gasteiger partial charge on any atom is -0.375 e. The lowest BCUT2D eigenvalue weighted by atomic mass is 9.48. The summed E-state index contributed by atoms with van der Waals surface area (Å²) in [6, 6.07) is 56.2. The Morgan fingerprint density at radius 3 is 2.11 bits per heavy atom. The van der Waals surface area contributed by atoms with Crippen LogP contribution in [0.1, 0.15) is 0 Å². The predicted octanol–water partition coefficient (Wildman–Crippen LogP) is 9.89. The summed E-state index contributed by atoms with van der Waals surface area (Å²) >= 11 is 1.92. The van der Waals surface area contributed by atoms with Crippen LogP contribution < -0.4 is 10.9 Å². The number of aromatic nitrogens is 2. The number of nitrogens with zero attached hydrogens (tertiary/aromatic N) is 2. The van der Waals surface area contributed by atoms with Gasteiger partial charge in [-0.3, -0.25) is 0 Å². The quantitative estimate of drug-likeness (QED) is 0.175. The molecule has 10 aromatic rings. The fraction of sp³-hybridized carbons (Fsp3) is 0. The van der Waals surface area contributed by atoms with E-state index in [9.17, 15) is 0 Å². The van der Waals surface area contributed by atoms with Gasteiger partial charge in [-0.1, -0.05) is 127 Å². The van der Waals surface area contributed by atoms with E-state index in [1.54, 1.807) is 0 Å². The summed E-state index contributed by atoms with van der Waals surface area (Å²) in [5.74, 6) is 0. The highest BCUT2D eigenvalue weighted by molar-refractivity contribution is 7.26. The molecule has 4 heteroatoms. The highest BCUT2D eigenvalue weighted by atomic mass is 32.1. The Morgan fingerprint density at radius 2 is 1.17 bits per heavy atom. The molecule has 1 aliphatic heterocycles. The Labute approximate surface area is 269 Å². The normalized spacial score (nSPS) is 12.7. The molecule has 0 atom stereocenters. The van der Waals surface area contributed by atoms with Crippen LogP contribution in [0.2, 0.25) is 0 Å². The molecule has 0 amide bonds. The van der Waals surface area contributed by atoms with Crippen LogP contribution in [-0.4, -0.2) is 15.9 Å². The van der Waals surface area contributed by atoms with E-state index in [0.29, 0.717) is 0 Å². The van der Waals surface area contributed by atoms with Crippen molar-refractivity contribution in [3.05, 3.63) is 152 Å². The first-order valence-corrected chi connectivity index (χ1v) is 16.7. The topological polar surface area (TPSA) is 9.86 Å². The van der Waals surface area contributed by atoms with Gasteiger partial charge in [0.1, 0.15) is 0 Å². The zero-order valence-electron chi connectivity index (χ0n) is 24.8. The van der Waals surface area contributed by atoms with Crippen molar-refractivity contribution in [3.8, 4) is 16.8 Å². The van der Waals surface area contributed by atoms with Crippen LogP contribution in [0.3, 0.4) is 0 Å². The summed E-state index contributed by atoms with van der Waals surface area (Å²) in [5.41, 5.74) is 11.5. The van der Waals surface area contributed by atoms with Crippen molar-refractivity contribution < 1.29 is 0 Å². The molecule has 0 spiro atoms. The molecule has 0 N–H and O–H groups in total. The van der Waals surface area contributed by atoms with E-state index in [4.69, 9.17) is 0 Å². The zero-order chi connectivity index (χ0) is 29.9. The maximum Gasteiger partial charge on any atom is 0.332 e. The standard InChI is InChI=1S/C42H25BN2S/c1-2-12-26(13-3-1)27-16-10-17-30-28-14-4-7-21-35(28)45(40(27)30)43-33-19-6-8-22-36(33)44-37-25-24-31-29-15-5-9-23-38(29)46-42(31)39(37)32-18-11-20-34(43)41(32)44/h1-25H. The van der Waals surface area contributed by atoms with Crippen molar-refractivity contribution in [3.63, 3.8) is 0 Å². The van der Waals surface area contributed by atoms with E-state index < -0.39 is 0 Å². The Balaban J connectivity index is 1.33. The minimum absolute atomic E-state index is 0.00173. The maximum atomic E-state index is 2.64. The van der Waals surface area contributed by atoms with Crippen LogP contribution >= 0.6 is 11.3 Å². The summed E-state index contributed by atoms with van der Waals surface area (Å²) in [5, 5.41) is 7.95. The average molecular weight is 601 g/mol. The third-order valence-corrected chi connectivity index (χ3v) is 11.4. The highest BCUT2D eigenvalue weighted by Crippen LogP contribution is 2.44. The second kappa shape index (κ2) is 9.00. The average Bonchev–Trinajstić information content (AvgIpc) is 3.78. The van der Waals surface area contributed by atoms with E-state index in [0.717, 1.165) is 0 Å². The third-order valence-electron chi connectivity index (χ3n) is 10.2.